The van der Waals surface area contributed by atoms with Crippen LogP contribution in [-0.4, -0.2) is 73.8 Å². The summed E-state index contributed by atoms with van der Waals surface area (Å²) in [4.78, 5) is 12.2. The fraction of sp³-hybridized carbons (Fsp3) is 0.893. The Morgan fingerprint density at radius 2 is 2.03 bits per heavy atom. The van der Waals surface area contributed by atoms with Gasteiger partial charge in [-0.05, 0) is 101 Å². The van der Waals surface area contributed by atoms with Crippen LogP contribution in [0.25, 0.3) is 0 Å². The minimum absolute atomic E-state index is 0.103. The largest absolute Gasteiger partial charge is 0.396 e. The third-order valence-electron chi connectivity index (χ3n) is 10.9. The molecular formula is C28H48N6O2. The first-order valence-corrected chi connectivity index (χ1v) is 14.4. The average molecular weight is 501 g/mol. The molecule has 5 aliphatic rings. The topological polar surface area (TPSA) is 93.8 Å². The van der Waals surface area contributed by atoms with Crippen LogP contribution in [0.15, 0.2) is 15.2 Å². The summed E-state index contributed by atoms with van der Waals surface area (Å²) in [6.07, 6.45) is 12.9. The molecule has 36 heavy (non-hydrogen) atoms. The van der Waals surface area contributed by atoms with Crippen molar-refractivity contribution in [3.63, 3.8) is 0 Å². The van der Waals surface area contributed by atoms with Gasteiger partial charge >= 0.3 is 0 Å². The number of aliphatic hydroxyl groups is 1. The van der Waals surface area contributed by atoms with Crippen LogP contribution in [0.4, 0.5) is 0 Å². The number of fused-ring (bicyclic) bond motifs is 5. The van der Waals surface area contributed by atoms with Gasteiger partial charge in [-0.3, -0.25) is 0 Å². The van der Waals surface area contributed by atoms with Crippen LogP contribution in [0.5, 0.6) is 0 Å². The zero-order valence-electron chi connectivity index (χ0n) is 22.9. The highest BCUT2D eigenvalue weighted by atomic mass is 16.6. The fourth-order valence-corrected chi connectivity index (χ4v) is 8.63. The van der Waals surface area contributed by atoms with Crippen LogP contribution in [-0.2, 0) is 4.84 Å². The van der Waals surface area contributed by atoms with Crippen LogP contribution in [0, 0.1) is 34.5 Å². The summed E-state index contributed by atoms with van der Waals surface area (Å²) in [6, 6.07) is 0. The van der Waals surface area contributed by atoms with Crippen molar-refractivity contribution in [2.75, 3.05) is 40.3 Å². The Morgan fingerprint density at radius 3 is 2.81 bits per heavy atom. The molecule has 0 aromatic rings. The molecule has 4 aliphatic carbocycles. The second-order valence-electron chi connectivity index (χ2n) is 12.9. The Morgan fingerprint density at radius 1 is 1.17 bits per heavy atom. The van der Waals surface area contributed by atoms with Crippen molar-refractivity contribution < 1.29 is 9.94 Å². The van der Waals surface area contributed by atoms with E-state index >= 15 is 0 Å². The average Bonchev–Trinajstić information content (AvgIpc) is 3.46. The van der Waals surface area contributed by atoms with Gasteiger partial charge in [0.15, 0.2) is 0 Å². The Balaban J connectivity index is 1.23. The molecule has 0 spiro atoms. The molecule has 0 aromatic heterocycles. The van der Waals surface area contributed by atoms with E-state index in [1.54, 1.807) is 0 Å². The summed E-state index contributed by atoms with van der Waals surface area (Å²) in [5.74, 6) is 2.76. The number of rotatable bonds is 7. The van der Waals surface area contributed by atoms with Crippen LogP contribution in [0.2, 0.25) is 0 Å². The summed E-state index contributed by atoms with van der Waals surface area (Å²) in [5, 5.41) is 24.7. The second-order valence-corrected chi connectivity index (χ2v) is 12.9. The molecule has 0 saturated heterocycles. The molecule has 3 N–H and O–H groups in total. The van der Waals surface area contributed by atoms with Gasteiger partial charge in [-0.1, -0.05) is 19.0 Å². The Bertz CT molecular complexity index is 889. The van der Waals surface area contributed by atoms with Gasteiger partial charge in [-0.15, -0.1) is 0 Å². The monoisotopic (exact) mass is 500 g/mol. The molecule has 8 heteroatoms. The van der Waals surface area contributed by atoms with E-state index in [0.717, 1.165) is 70.5 Å². The van der Waals surface area contributed by atoms with Gasteiger partial charge in [-0.2, -0.15) is 5.10 Å². The molecule has 5 rings (SSSR count). The van der Waals surface area contributed by atoms with Gasteiger partial charge in [0.2, 0.25) is 5.96 Å². The van der Waals surface area contributed by atoms with Gasteiger partial charge in [0.1, 0.15) is 6.61 Å². The van der Waals surface area contributed by atoms with Crippen molar-refractivity contribution in [2.45, 2.75) is 83.7 Å². The number of hydrazone groups is 1. The first kappa shape index (κ1) is 26.0. The van der Waals surface area contributed by atoms with E-state index < -0.39 is 5.60 Å². The molecule has 8 nitrogen and oxygen atoms in total. The lowest BCUT2D eigenvalue weighted by molar-refractivity contribution is -0.198. The van der Waals surface area contributed by atoms with E-state index in [-0.39, 0.29) is 5.41 Å². The predicted octanol–water partition coefficient (Wildman–Crippen LogP) is 3.62. The van der Waals surface area contributed by atoms with Crippen molar-refractivity contribution in [2.24, 2.45) is 49.8 Å². The highest BCUT2D eigenvalue weighted by Gasteiger charge is 2.66. The van der Waals surface area contributed by atoms with E-state index in [4.69, 9.17) is 9.94 Å². The predicted molar refractivity (Wildman–Crippen MR) is 145 cm³/mol. The molecule has 0 aromatic carbocycles. The van der Waals surface area contributed by atoms with E-state index in [9.17, 15) is 5.11 Å². The number of hydrogen-bond acceptors (Lipinski definition) is 8. The summed E-state index contributed by atoms with van der Waals surface area (Å²) in [7, 11) is 4.16. The van der Waals surface area contributed by atoms with Gasteiger partial charge in [0, 0.05) is 36.3 Å². The maximum absolute atomic E-state index is 12.3. The molecule has 1 heterocycles. The van der Waals surface area contributed by atoms with Gasteiger partial charge < -0.3 is 20.2 Å². The van der Waals surface area contributed by atoms with E-state index in [2.05, 4.69) is 53.7 Å². The molecule has 4 saturated carbocycles. The number of guanidine groups is 1. The molecule has 1 aliphatic heterocycles. The Hall–Kier alpha value is -1.67. The van der Waals surface area contributed by atoms with Crippen LogP contribution in [0.1, 0.15) is 78.1 Å². The van der Waals surface area contributed by atoms with Crippen molar-refractivity contribution in [3.05, 3.63) is 0 Å². The number of hydrogen-bond donors (Lipinski definition) is 3. The van der Waals surface area contributed by atoms with Gasteiger partial charge in [0.05, 0.1) is 12.1 Å². The van der Waals surface area contributed by atoms with Crippen LogP contribution in [0.3, 0.4) is 0 Å². The molecular weight excluding hydrogens is 452 g/mol. The smallest absolute Gasteiger partial charge is 0.212 e. The lowest BCUT2D eigenvalue weighted by Gasteiger charge is -2.63. The molecule has 0 radical (unpaired) electrons. The normalized spacial score (nSPS) is 43.2. The zero-order chi connectivity index (χ0) is 25.4. The maximum Gasteiger partial charge on any atom is 0.212 e. The summed E-state index contributed by atoms with van der Waals surface area (Å²) in [5.41, 5.74) is 4.05. The van der Waals surface area contributed by atoms with Crippen molar-refractivity contribution in [1.29, 1.82) is 0 Å². The van der Waals surface area contributed by atoms with E-state index in [0.29, 0.717) is 35.7 Å². The Labute approximate surface area is 217 Å². The summed E-state index contributed by atoms with van der Waals surface area (Å²) < 4.78 is 0. The van der Waals surface area contributed by atoms with Crippen molar-refractivity contribution >= 4 is 17.9 Å². The highest BCUT2D eigenvalue weighted by molar-refractivity contribution is 5.88. The van der Waals surface area contributed by atoms with E-state index in [1.165, 1.54) is 25.0 Å². The molecule has 202 valence electrons. The number of nitrogens with zero attached hydrogens (tertiary/aromatic N) is 4. The quantitative estimate of drug-likeness (QED) is 0.282. The number of oxime groups is 1. The fourth-order valence-electron chi connectivity index (χ4n) is 8.63. The SMILES string of the molecule is CN(C)CCCON=CC1CC[C@@]2(O)[C@@H]3CCC4CC(=NNC5=NCCN5)CC[C@]4(C)[C@@H]3CC[C@]12C. The summed E-state index contributed by atoms with van der Waals surface area (Å²) >= 11 is 0. The summed E-state index contributed by atoms with van der Waals surface area (Å²) in [6.45, 7) is 8.26. The molecule has 4 fully saturated rings. The molecule has 0 bridgehead atoms. The third-order valence-corrected chi connectivity index (χ3v) is 10.9. The van der Waals surface area contributed by atoms with Crippen molar-refractivity contribution in [1.82, 2.24) is 15.6 Å². The zero-order valence-corrected chi connectivity index (χ0v) is 22.9. The maximum atomic E-state index is 12.3. The first-order chi connectivity index (χ1) is 17.3. The minimum atomic E-state index is -0.590. The first-order valence-electron chi connectivity index (χ1n) is 14.4. The minimum Gasteiger partial charge on any atom is -0.396 e. The van der Waals surface area contributed by atoms with Gasteiger partial charge in [-0.25, -0.2) is 10.4 Å². The highest BCUT2D eigenvalue weighted by Crippen LogP contribution is 2.68. The lowest BCUT2D eigenvalue weighted by Crippen LogP contribution is -2.62. The molecule has 7 atom stereocenters. The van der Waals surface area contributed by atoms with Crippen LogP contribution < -0.4 is 10.7 Å². The third kappa shape index (κ3) is 4.57. The number of aliphatic imine (C=N–C) groups is 1. The van der Waals surface area contributed by atoms with Crippen molar-refractivity contribution in [3.8, 4) is 0 Å². The van der Waals surface area contributed by atoms with Gasteiger partial charge in [0.25, 0.3) is 0 Å². The Kier molecular flexibility index (Phi) is 7.38. The molecule has 0 amide bonds. The lowest BCUT2D eigenvalue weighted by atomic mass is 9.43. The number of nitrogens with one attached hydrogen (secondary N) is 2. The van der Waals surface area contributed by atoms with Crippen LogP contribution >= 0.6 is 0 Å². The second kappa shape index (κ2) is 10.2. The molecule has 2 unspecified atom stereocenters. The standard InChI is InChI=1S/C28H48N6O2/c1-26-11-9-22(32-33-25-29-14-15-30-25)18-20(26)6-7-24-23(26)10-12-27(2)21(8-13-28(24,27)35)19-31-36-17-5-16-34(3)4/h19-21,23-24,35H,5-18H2,1-4H3,(H2,29,30,33)/t20?,21?,23-,24-,26+,27-,28-/m1/s1. The van der Waals surface area contributed by atoms with E-state index in [1.807, 2.05) is 6.21 Å².